The number of hydrogen-bond donors (Lipinski definition) is 2. The highest BCUT2D eigenvalue weighted by Crippen LogP contribution is 2.41. The Kier molecular flexibility index (Phi) is 22.9. The van der Waals surface area contributed by atoms with E-state index in [1.165, 1.54) is 56.4 Å². The highest BCUT2D eigenvalue weighted by Gasteiger charge is 2.37. The minimum Gasteiger partial charge on any atom is -0.314 e. The average molecular weight is 759 g/mol. The second-order valence-corrected chi connectivity index (χ2v) is 15.7. The molecule has 0 spiro atoms. The number of rotatable bonds is 8. The van der Waals surface area contributed by atoms with Crippen LogP contribution in [0, 0.1) is 34.7 Å². The summed E-state index contributed by atoms with van der Waals surface area (Å²) in [5.41, 5.74) is 2.34. The van der Waals surface area contributed by atoms with Gasteiger partial charge in [-0.1, -0.05) is 104 Å². The molecule has 0 saturated heterocycles. The molecule has 9 nitrogen and oxygen atoms in total. The number of fused-ring (bicyclic) bond motifs is 3. The number of nitrogens with one attached hydrogen (secondary N) is 2. The monoisotopic (exact) mass is 758 g/mol. The Balaban J connectivity index is 0.000000802. The molecule has 1 aliphatic heterocycles. The number of aryl methyl sites for hydroxylation is 2. The number of sulfonamides is 1. The SMILES string of the molecule is C/C=C\C.CCC.CCC.CCCCC.Cc1cc2c(cc1F)CCC1N=C(NC(=O)C3CCC(CNS(=O)(=O)c4ccccc4[N+](=O)[O-])CC3)CC21. The zero-order valence-electron chi connectivity index (χ0n) is 33.8. The fourth-order valence-electron chi connectivity index (χ4n) is 6.33. The molecular weight excluding hydrogens is 692 g/mol. The van der Waals surface area contributed by atoms with Crippen molar-refractivity contribution in [2.24, 2.45) is 16.8 Å². The van der Waals surface area contributed by atoms with Gasteiger partial charge in [0, 0.05) is 30.9 Å². The van der Waals surface area contributed by atoms with Crippen LogP contribution < -0.4 is 10.0 Å². The Morgan fingerprint density at radius 2 is 1.55 bits per heavy atom. The zero-order chi connectivity index (χ0) is 40.0. The van der Waals surface area contributed by atoms with E-state index in [4.69, 9.17) is 4.99 Å². The number of unbranched alkanes of at least 4 members (excludes halogenated alkanes) is 2. The minimum atomic E-state index is -4.03. The first kappa shape index (κ1) is 47.6. The summed E-state index contributed by atoms with van der Waals surface area (Å²) in [6.07, 6.45) is 15.4. The minimum absolute atomic E-state index is 0.0448. The standard InChI is InChI=1S/C27H31FN4O5S.C5H12.C4H8.2C3H8/c1-16-12-20-19(13-22(16)28)10-11-23-21(20)14-26(30-23)31-27(33)18-8-6-17(7-9-18)15-29-38(36,37)25-5-3-2-4-24(25)32(34)35;1-3-5-4-2;1-3-4-2;2*1-3-2/h2-5,12-13,17-18,21,23,29H,6-11,14-15H2,1H3,(H,30,31,33);3-5H2,1-2H3;3-4H,1-2H3;2*3H2,1-2H3/b;;4-3-;;. The highest BCUT2D eigenvalue weighted by molar-refractivity contribution is 7.89. The van der Waals surface area contributed by atoms with E-state index in [0.29, 0.717) is 43.5 Å². The number of allylic oxidation sites excluding steroid dienone is 2. The Bertz CT molecular complexity index is 1560. The van der Waals surface area contributed by atoms with Crippen LogP contribution >= 0.6 is 0 Å². The number of nitro groups is 1. The number of amidine groups is 1. The molecule has 2 aromatic rings. The van der Waals surface area contributed by atoms with Gasteiger partial charge in [0.05, 0.1) is 11.0 Å². The summed E-state index contributed by atoms with van der Waals surface area (Å²) in [6, 6.07) is 8.93. The van der Waals surface area contributed by atoms with Crippen LogP contribution in [0.3, 0.4) is 0 Å². The number of nitro benzene ring substituents is 1. The molecule has 0 aromatic heterocycles. The van der Waals surface area contributed by atoms with Crippen molar-refractivity contribution >= 4 is 27.5 Å². The van der Waals surface area contributed by atoms with E-state index in [0.717, 1.165) is 24.0 Å². The number of halogens is 1. The Morgan fingerprint density at radius 3 is 2.08 bits per heavy atom. The molecule has 53 heavy (non-hydrogen) atoms. The van der Waals surface area contributed by atoms with Crippen molar-refractivity contribution in [1.29, 1.82) is 0 Å². The molecule has 5 rings (SSSR count). The fourth-order valence-corrected chi connectivity index (χ4v) is 7.62. The Hall–Kier alpha value is -3.44. The largest absolute Gasteiger partial charge is 0.314 e. The summed E-state index contributed by atoms with van der Waals surface area (Å²) in [4.78, 5) is 27.9. The molecule has 2 aromatic carbocycles. The van der Waals surface area contributed by atoms with E-state index in [-0.39, 0.29) is 47.0 Å². The van der Waals surface area contributed by atoms with E-state index in [2.05, 4.69) is 51.6 Å². The van der Waals surface area contributed by atoms with Crippen LogP contribution in [0.4, 0.5) is 10.1 Å². The lowest BCUT2D eigenvalue weighted by atomic mass is 9.78. The lowest BCUT2D eigenvalue weighted by Crippen LogP contribution is -2.38. The molecule has 2 aliphatic carbocycles. The third-order valence-corrected chi connectivity index (χ3v) is 10.6. The van der Waals surface area contributed by atoms with Crippen LogP contribution in [-0.2, 0) is 21.2 Å². The smallest absolute Gasteiger partial charge is 0.289 e. The number of nitrogens with zero attached hydrogens (tertiary/aromatic N) is 2. The third-order valence-electron chi connectivity index (χ3n) is 9.17. The van der Waals surface area contributed by atoms with Gasteiger partial charge >= 0.3 is 0 Å². The summed E-state index contributed by atoms with van der Waals surface area (Å²) in [5, 5.41) is 14.2. The zero-order valence-corrected chi connectivity index (χ0v) is 34.7. The van der Waals surface area contributed by atoms with Crippen LogP contribution in [0.15, 0.2) is 58.4 Å². The van der Waals surface area contributed by atoms with Crippen molar-refractivity contribution in [1.82, 2.24) is 10.0 Å². The van der Waals surface area contributed by atoms with E-state index in [1.54, 1.807) is 13.0 Å². The number of aliphatic imine (C=N–C) groups is 1. The number of carbonyl (C=O) groups is 1. The summed E-state index contributed by atoms with van der Waals surface area (Å²) in [6.45, 7) is 18.9. The third kappa shape index (κ3) is 15.8. The molecular formula is C42H67FN4O5S. The first-order valence-corrected chi connectivity index (χ1v) is 21.2. The molecule has 3 aliphatic rings. The lowest BCUT2D eigenvalue weighted by molar-refractivity contribution is -0.387. The molecule has 1 fully saturated rings. The van der Waals surface area contributed by atoms with Gasteiger partial charge in [-0.3, -0.25) is 19.9 Å². The molecule has 2 N–H and O–H groups in total. The summed E-state index contributed by atoms with van der Waals surface area (Å²) >= 11 is 0. The normalized spacial score (nSPS) is 19.9. The molecule has 2 atom stereocenters. The summed E-state index contributed by atoms with van der Waals surface area (Å²) < 4.78 is 41.9. The molecule has 1 heterocycles. The van der Waals surface area contributed by atoms with Gasteiger partial charge < -0.3 is 5.32 Å². The second kappa shape index (κ2) is 25.6. The van der Waals surface area contributed by atoms with Gasteiger partial charge in [0.1, 0.15) is 11.7 Å². The molecule has 0 bridgehead atoms. The maximum absolute atomic E-state index is 14.0. The summed E-state index contributed by atoms with van der Waals surface area (Å²) in [5.74, 6) is 0.489. The van der Waals surface area contributed by atoms with Gasteiger partial charge in [-0.15, -0.1) is 0 Å². The van der Waals surface area contributed by atoms with Gasteiger partial charge in [0.25, 0.3) is 5.69 Å². The maximum atomic E-state index is 14.0. The Labute approximate surface area is 319 Å². The summed E-state index contributed by atoms with van der Waals surface area (Å²) in [7, 11) is -4.03. The van der Waals surface area contributed by atoms with E-state index in [1.807, 2.05) is 32.1 Å². The molecule has 1 amide bonds. The van der Waals surface area contributed by atoms with Crippen molar-refractivity contribution in [3.63, 3.8) is 0 Å². The van der Waals surface area contributed by atoms with Gasteiger partial charge in [0.2, 0.25) is 15.9 Å². The first-order chi connectivity index (χ1) is 25.3. The number of para-hydroxylation sites is 1. The van der Waals surface area contributed by atoms with E-state index >= 15 is 0 Å². The van der Waals surface area contributed by atoms with Gasteiger partial charge in [0.15, 0.2) is 4.90 Å². The number of amides is 1. The molecule has 2 unspecified atom stereocenters. The molecule has 0 radical (unpaired) electrons. The van der Waals surface area contributed by atoms with Crippen molar-refractivity contribution in [3.05, 3.63) is 81.2 Å². The number of benzene rings is 2. The molecule has 298 valence electrons. The fraction of sp³-hybridized carbons (Fsp3) is 0.619. The van der Waals surface area contributed by atoms with Crippen LogP contribution in [0.25, 0.3) is 0 Å². The van der Waals surface area contributed by atoms with Crippen molar-refractivity contribution in [3.8, 4) is 0 Å². The Morgan fingerprint density at radius 1 is 0.962 bits per heavy atom. The highest BCUT2D eigenvalue weighted by atomic mass is 32.2. The maximum Gasteiger partial charge on any atom is 0.289 e. The lowest BCUT2D eigenvalue weighted by Gasteiger charge is -2.28. The van der Waals surface area contributed by atoms with Crippen LogP contribution in [0.1, 0.15) is 149 Å². The number of hydrogen-bond acceptors (Lipinski definition) is 6. The van der Waals surface area contributed by atoms with Crippen molar-refractivity contribution in [2.75, 3.05) is 6.54 Å². The average Bonchev–Trinajstić information content (AvgIpc) is 3.56. The van der Waals surface area contributed by atoms with Crippen LogP contribution in [0.2, 0.25) is 0 Å². The first-order valence-electron chi connectivity index (χ1n) is 19.7. The van der Waals surface area contributed by atoms with E-state index < -0.39 is 20.6 Å². The van der Waals surface area contributed by atoms with Crippen molar-refractivity contribution < 1.29 is 22.5 Å². The van der Waals surface area contributed by atoms with Crippen molar-refractivity contribution in [2.45, 2.75) is 156 Å². The molecule has 1 saturated carbocycles. The van der Waals surface area contributed by atoms with Gasteiger partial charge in [-0.05, 0) is 94.0 Å². The van der Waals surface area contributed by atoms with E-state index in [9.17, 15) is 27.7 Å². The second-order valence-electron chi connectivity index (χ2n) is 14.0. The van der Waals surface area contributed by atoms with Crippen LogP contribution in [0.5, 0.6) is 0 Å². The van der Waals surface area contributed by atoms with Gasteiger partial charge in [-0.2, -0.15) is 0 Å². The van der Waals surface area contributed by atoms with Gasteiger partial charge in [-0.25, -0.2) is 17.5 Å². The number of carbonyl (C=O) groups excluding carboxylic acids is 1. The topological polar surface area (TPSA) is 131 Å². The quantitative estimate of drug-likeness (QED) is 0.157. The predicted molar refractivity (Wildman–Crippen MR) is 218 cm³/mol. The molecule has 11 heteroatoms. The predicted octanol–water partition coefficient (Wildman–Crippen LogP) is 10.8. The van der Waals surface area contributed by atoms with Crippen LogP contribution in [-0.4, -0.2) is 37.7 Å².